The van der Waals surface area contributed by atoms with Gasteiger partial charge in [-0.1, -0.05) is 0 Å². The van der Waals surface area contributed by atoms with Crippen LogP contribution in [0.4, 0.5) is 0 Å². The Hall–Kier alpha value is -2.49. The van der Waals surface area contributed by atoms with Crippen LogP contribution in [0.2, 0.25) is 0 Å². The molecule has 0 N–H and O–H groups in total. The number of Topliss-reactive ketones (excluding diaryl/α,β-unsaturated/α-hetero) is 1. The first-order valence-corrected chi connectivity index (χ1v) is 12.1. The molecular formula is C23H30N2O6S. The molecule has 1 aliphatic heterocycles. The predicted molar refractivity (Wildman–Crippen MR) is 120 cm³/mol. The molecule has 32 heavy (non-hydrogen) atoms. The molecule has 2 aromatic rings. The summed E-state index contributed by atoms with van der Waals surface area (Å²) in [6.07, 6.45) is 1.71. The Morgan fingerprint density at radius 2 is 1.72 bits per heavy atom. The van der Waals surface area contributed by atoms with Gasteiger partial charge in [0, 0.05) is 37.2 Å². The number of carbonyl (C=O) groups is 2. The smallest absolute Gasteiger partial charge is 0.338 e. The van der Waals surface area contributed by atoms with Gasteiger partial charge in [0.25, 0.3) is 0 Å². The van der Waals surface area contributed by atoms with Crippen LogP contribution in [0.1, 0.15) is 57.9 Å². The van der Waals surface area contributed by atoms with Crippen LogP contribution in [-0.2, 0) is 19.5 Å². The lowest BCUT2D eigenvalue weighted by molar-refractivity contribution is 0.0474. The SMILES string of the molecule is COC[C@@H](C)n1c(C)cc(C(=O)COC(=O)c2ccc(S(=O)(=O)N3CCCC3)cc2)c1C. The molecule has 0 bridgehead atoms. The van der Waals surface area contributed by atoms with Crippen LogP contribution in [0.25, 0.3) is 0 Å². The van der Waals surface area contributed by atoms with E-state index in [0.717, 1.165) is 24.2 Å². The van der Waals surface area contributed by atoms with Crippen molar-refractivity contribution in [1.29, 1.82) is 0 Å². The van der Waals surface area contributed by atoms with Gasteiger partial charge in [-0.2, -0.15) is 4.31 Å². The molecule has 0 radical (unpaired) electrons. The van der Waals surface area contributed by atoms with Crippen molar-refractivity contribution < 1.29 is 27.5 Å². The number of ether oxygens (including phenoxy) is 2. The van der Waals surface area contributed by atoms with Crippen LogP contribution in [0.15, 0.2) is 35.2 Å². The van der Waals surface area contributed by atoms with Gasteiger partial charge in [0.05, 0.1) is 23.1 Å². The fourth-order valence-electron chi connectivity index (χ4n) is 4.19. The monoisotopic (exact) mass is 462 g/mol. The maximum Gasteiger partial charge on any atom is 0.338 e. The molecule has 0 saturated carbocycles. The number of hydrogen-bond acceptors (Lipinski definition) is 6. The fourth-order valence-corrected chi connectivity index (χ4v) is 5.70. The number of sulfonamides is 1. The lowest BCUT2D eigenvalue weighted by Crippen LogP contribution is -2.27. The molecule has 0 aliphatic carbocycles. The minimum Gasteiger partial charge on any atom is -0.454 e. The summed E-state index contributed by atoms with van der Waals surface area (Å²) in [4.78, 5) is 25.2. The zero-order valence-corrected chi connectivity index (χ0v) is 19.8. The highest BCUT2D eigenvalue weighted by Gasteiger charge is 2.27. The molecule has 0 spiro atoms. The van der Waals surface area contributed by atoms with Gasteiger partial charge in [0.2, 0.25) is 15.8 Å². The number of ketones is 1. The summed E-state index contributed by atoms with van der Waals surface area (Å²) in [6, 6.07) is 7.48. The number of carbonyl (C=O) groups excluding carboxylic acids is 2. The molecule has 8 nitrogen and oxygen atoms in total. The standard InChI is InChI=1S/C23H30N2O6S/c1-16-13-21(18(3)25(16)17(2)14-30-4)22(26)15-31-23(27)19-7-9-20(10-8-19)32(28,29)24-11-5-6-12-24/h7-10,13,17H,5-6,11-12,14-15H2,1-4H3/t17-/m1/s1. The summed E-state index contributed by atoms with van der Waals surface area (Å²) >= 11 is 0. The Kier molecular flexibility index (Phi) is 7.53. The van der Waals surface area contributed by atoms with Gasteiger partial charge >= 0.3 is 5.97 Å². The lowest BCUT2D eigenvalue weighted by Gasteiger charge is -2.17. The van der Waals surface area contributed by atoms with E-state index in [9.17, 15) is 18.0 Å². The number of aromatic nitrogens is 1. The number of rotatable bonds is 9. The van der Waals surface area contributed by atoms with Gasteiger partial charge in [-0.3, -0.25) is 4.79 Å². The maximum absolute atomic E-state index is 12.7. The second-order valence-electron chi connectivity index (χ2n) is 8.09. The van der Waals surface area contributed by atoms with E-state index < -0.39 is 22.6 Å². The van der Waals surface area contributed by atoms with E-state index in [-0.39, 0.29) is 22.3 Å². The lowest BCUT2D eigenvalue weighted by atomic mass is 10.1. The molecule has 9 heteroatoms. The van der Waals surface area contributed by atoms with E-state index in [1.807, 2.05) is 25.3 Å². The van der Waals surface area contributed by atoms with E-state index in [1.165, 1.54) is 28.6 Å². The van der Waals surface area contributed by atoms with Crippen molar-refractivity contribution in [2.45, 2.75) is 44.6 Å². The van der Waals surface area contributed by atoms with Crippen molar-refractivity contribution in [3.63, 3.8) is 0 Å². The Bertz CT molecular complexity index is 1080. The van der Waals surface area contributed by atoms with Gasteiger partial charge in [-0.15, -0.1) is 0 Å². The molecule has 1 aromatic carbocycles. The third-order valence-corrected chi connectivity index (χ3v) is 7.67. The normalized spacial score (nSPS) is 15.6. The molecule has 0 unspecified atom stereocenters. The van der Waals surface area contributed by atoms with Crippen molar-refractivity contribution in [2.75, 3.05) is 33.4 Å². The number of hydrogen-bond donors (Lipinski definition) is 0. The van der Waals surface area contributed by atoms with Crippen LogP contribution in [-0.4, -0.2) is 62.5 Å². The molecular weight excluding hydrogens is 432 g/mol. The molecule has 0 amide bonds. The highest BCUT2D eigenvalue weighted by atomic mass is 32.2. The van der Waals surface area contributed by atoms with Crippen molar-refractivity contribution >= 4 is 21.8 Å². The Morgan fingerprint density at radius 3 is 2.31 bits per heavy atom. The fraction of sp³-hybridized carbons (Fsp3) is 0.478. The summed E-state index contributed by atoms with van der Waals surface area (Å²) in [5.41, 5.74) is 2.42. The molecule has 2 heterocycles. The summed E-state index contributed by atoms with van der Waals surface area (Å²) in [7, 11) is -1.92. The van der Waals surface area contributed by atoms with Crippen LogP contribution in [0, 0.1) is 13.8 Å². The van der Waals surface area contributed by atoms with Crippen LogP contribution in [0.3, 0.4) is 0 Å². The average Bonchev–Trinajstić information content (AvgIpc) is 3.41. The third-order valence-electron chi connectivity index (χ3n) is 5.76. The van der Waals surface area contributed by atoms with Gasteiger partial charge in [0.15, 0.2) is 6.61 Å². The number of benzene rings is 1. The summed E-state index contributed by atoms with van der Waals surface area (Å²) in [5, 5.41) is 0. The first kappa shape index (κ1) is 24.2. The quantitative estimate of drug-likeness (QED) is 0.420. The van der Waals surface area contributed by atoms with Crippen LogP contribution in [0.5, 0.6) is 0 Å². The van der Waals surface area contributed by atoms with E-state index in [2.05, 4.69) is 0 Å². The van der Waals surface area contributed by atoms with Gasteiger partial charge in [-0.05, 0) is 63.9 Å². The highest BCUT2D eigenvalue weighted by Crippen LogP contribution is 2.23. The largest absolute Gasteiger partial charge is 0.454 e. The summed E-state index contributed by atoms with van der Waals surface area (Å²) in [6.45, 7) is 6.93. The second-order valence-corrected chi connectivity index (χ2v) is 10.0. The average molecular weight is 463 g/mol. The second kappa shape index (κ2) is 9.97. The highest BCUT2D eigenvalue weighted by molar-refractivity contribution is 7.89. The van der Waals surface area contributed by atoms with E-state index >= 15 is 0 Å². The Balaban J connectivity index is 1.65. The first-order valence-electron chi connectivity index (χ1n) is 10.6. The number of nitrogens with zero attached hydrogens (tertiary/aromatic N) is 2. The van der Waals surface area contributed by atoms with Gasteiger partial charge in [0.1, 0.15) is 0 Å². The zero-order valence-electron chi connectivity index (χ0n) is 19.0. The number of esters is 1. The van der Waals surface area contributed by atoms with Crippen LogP contribution < -0.4 is 0 Å². The van der Waals surface area contributed by atoms with Crippen LogP contribution >= 0.6 is 0 Å². The van der Waals surface area contributed by atoms with Gasteiger partial charge in [-0.25, -0.2) is 13.2 Å². The number of aryl methyl sites for hydroxylation is 1. The maximum atomic E-state index is 12.7. The van der Waals surface area contributed by atoms with E-state index in [0.29, 0.717) is 25.3 Å². The zero-order chi connectivity index (χ0) is 23.5. The minimum atomic E-state index is -3.54. The molecule has 1 fully saturated rings. The summed E-state index contributed by atoms with van der Waals surface area (Å²) in [5.74, 6) is -0.972. The van der Waals surface area contributed by atoms with Crippen molar-refractivity contribution in [2.24, 2.45) is 0 Å². The van der Waals surface area contributed by atoms with Gasteiger partial charge < -0.3 is 14.0 Å². The predicted octanol–water partition coefficient (Wildman–Crippen LogP) is 3.14. The molecule has 1 aromatic heterocycles. The third kappa shape index (κ3) is 4.95. The first-order chi connectivity index (χ1) is 15.2. The molecule has 1 atom stereocenters. The Labute approximate surface area is 189 Å². The molecule has 1 saturated heterocycles. The molecule has 3 rings (SSSR count). The number of methoxy groups -OCH3 is 1. The molecule has 174 valence electrons. The minimum absolute atomic E-state index is 0.0689. The Morgan fingerprint density at radius 1 is 1.09 bits per heavy atom. The van der Waals surface area contributed by atoms with Crippen molar-refractivity contribution in [1.82, 2.24) is 8.87 Å². The van der Waals surface area contributed by atoms with E-state index in [4.69, 9.17) is 9.47 Å². The molecule has 1 aliphatic rings. The van der Waals surface area contributed by atoms with Crippen molar-refractivity contribution in [3.05, 3.63) is 52.8 Å². The summed E-state index contributed by atoms with van der Waals surface area (Å²) < 4.78 is 39.1. The van der Waals surface area contributed by atoms with Crippen molar-refractivity contribution in [3.8, 4) is 0 Å². The topological polar surface area (TPSA) is 94.9 Å². The van der Waals surface area contributed by atoms with E-state index in [1.54, 1.807) is 13.2 Å².